The molecule has 0 unspecified atom stereocenters. The van der Waals surface area contributed by atoms with Crippen LogP contribution in [0.25, 0.3) is 22.4 Å². The molecule has 3 heterocycles. The number of rotatable bonds is 6. The van der Waals surface area contributed by atoms with E-state index in [1.165, 1.54) is 24.4 Å². The van der Waals surface area contributed by atoms with Crippen LogP contribution in [0, 0.1) is 0 Å². The number of benzene rings is 1. The molecule has 0 bridgehead atoms. The molecule has 8 heteroatoms. The van der Waals surface area contributed by atoms with Crippen LogP contribution in [0.1, 0.15) is 34.5 Å². The van der Waals surface area contributed by atoms with Crippen molar-refractivity contribution in [2.45, 2.75) is 32.2 Å². The van der Waals surface area contributed by atoms with E-state index in [4.69, 9.17) is 14.3 Å². The van der Waals surface area contributed by atoms with Crippen LogP contribution in [-0.4, -0.2) is 34.3 Å². The van der Waals surface area contributed by atoms with Crippen LogP contribution in [0.4, 0.5) is 0 Å². The number of methoxy groups -OCH3 is 1. The zero-order valence-electron chi connectivity index (χ0n) is 18.3. The van der Waals surface area contributed by atoms with Crippen molar-refractivity contribution in [1.82, 2.24) is 20.1 Å². The molecule has 4 aromatic rings. The highest BCUT2D eigenvalue weighted by Gasteiger charge is 2.22. The lowest BCUT2D eigenvalue weighted by atomic mass is 9.95. The number of aromatic nitrogens is 3. The van der Waals surface area contributed by atoms with Gasteiger partial charge in [0.05, 0.1) is 19.3 Å². The summed E-state index contributed by atoms with van der Waals surface area (Å²) in [6, 6.07) is 12.6. The molecule has 8 nitrogen and oxygen atoms in total. The summed E-state index contributed by atoms with van der Waals surface area (Å²) in [6.07, 6.45) is 5.97. The van der Waals surface area contributed by atoms with Gasteiger partial charge in [-0.3, -0.25) is 14.5 Å². The lowest BCUT2D eigenvalue weighted by Gasteiger charge is -2.14. The smallest absolute Gasteiger partial charge is 0.349 e. The van der Waals surface area contributed by atoms with Gasteiger partial charge < -0.3 is 14.5 Å². The minimum atomic E-state index is -0.696. The van der Waals surface area contributed by atoms with Crippen molar-refractivity contribution in [2.24, 2.45) is 0 Å². The Kier molecular flexibility index (Phi) is 5.64. The molecule has 0 fully saturated rings. The van der Waals surface area contributed by atoms with Crippen molar-refractivity contribution < 1.29 is 13.9 Å². The van der Waals surface area contributed by atoms with E-state index >= 15 is 0 Å². The Bertz CT molecular complexity index is 1370. The van der Waals surface area contributed by atoms with Crippen molar-refractivity contribution in [3.63, 3.8) is 0 Å². The van der Waals surface area contributed by atoms with Crippen LogP contribution >= 0.6 is 0 Å². The van der Waals surface area contributed by atoms with Crippen LogP contribution in [-0.2, 0) is 19.4 Å². The zero-order valence-corrected chi connectivity index (χ0v) is 18.3. The van der Waals surface area contributed by atoms with Crippen LogP contribution in [0.15, 0.2) is 57.9 Å². The highest BCUT2D eigenvalue weighted by Crippen LogP contribution is 2.30. The first-order chi connectivity index (χ1) is 16.2. The van der Waals surface area contributed by atoms with E-state index in [0.29, 0.717) is 29.8 Å². The van der Waals surface area contributed by atoms with Gasteiger partial charge in [0, 0.05) is 29.4 Å². The monoisotopic (exact) mass is 444 g/mol. The average Bonchev–Trinajstić information content (AvgIpc) is 3.22. The molecule has 1 N–H and O–H groups in total. The molecule has 0 spiro atoms. The number of fused-ring (bicyclic) bond motifs is 2. The summed E-state index contributed by atoms with van der Waals surface area (Å²) in [4.78, 5) is 29.6. The van der Waals surface area contributed by atoms with E-state index < -0.39 is 11.5 Å². The van der Waals surface area contributed by atoms with E-state index in [1.54, 1.807) is 24.4 Å². The Hall–Kier alpha value is -3.94. The number of pyridine rings is 1. The number of carbonyl (C=O) groups is 1. The number of para-hydroxylation sites is 1. The number of nitrogens with one attached hydrogen (secondary N) is 1. The average molecular weight is 444 g/mol. The standard InChI is InChI=1S/C25H24N4O4/c1-32-21-11-6-7-16-15-18(25(31)33-23(16)21)24(30)27-13-14-29-20-10-3-2-8-17(20)22(28-29)19-9-4-5-12-26-19/h4-7,9,11-12,15H,2-3,8,10,13-14H2,1H3,(H,27,30). The van der Waals surface area contributed by atoms with Crippen LogP contribution in [0.5, 0.6) is 5.75 Å². The fourth-order valence-corrected chi connectivity index (χ4v) is 4.37. The Morgan fingerprint density at radius 2 is 2.06 bits per heavy atom. The third-order valence-electron chi connectivity index (χ3n) is 5.96. The molecule has 5 rings (SSSR count). The second kappa shape index (κ2) is 8.90. The Morgan fingerprint density at radius 1 is 1.18 bits per heavy atom. The SMILES string of the molecule is COc1cccc2cc(C(=O)NCCn3nc(-c4ccccn4)c4c3CCCC4)c(=O)oc12. The Labute approximate surface area is 190 Å². The second-order valence-electron chi connectivity index (χ2n) is 8.00. The summed E-state index contributed by atoms with van der Waals surface area (Å²) in [5, 5.41) is 8.27. The van der Waals surface area contributed by atoms with Crippen molar-refractivity contribution in [3.05, 3.63) is 75.9 Å². The molecule has 3 aromatic heterocycles. The molecular weight excluding hydrogens is 420 g/mol. The van der Waals surface area contributed by atoms with E-state index in [-0.39, 0.29) is 5.56 Å². The number of amides is 1. The van der Waals surface area contributed by atoms with Crippen molar-refractivity contribution in [1.29, 1.82) is 0 Å². The van der Waals surface area contributed by atoms with Gasteiger partial charge in [0.25, 0.3) is 5.91 Å². The highest BCUT2D eigenvalue weighted by atomic mass is 16.5. The third-order valence-corrected chi connectivity index (χ3v) is 5.96. The fourth-order valence-electron chi connectivity index (χ4n) is 4.37. The topological polar surface area (TPSA) is 99.2 Å². The second-order valence-corrected chi connectivity index (χ2v) is 8.00. The fraction of sp³-hybridized carbons (Fsp3) is 0.280. The lowest BCUT2D eigenvalue weighted by molar-refractivity contribution is 0.0948. The molecule has 1 aliphatic carbocycles. The van der Waals surface area contributed by atoms with Gasteiger partial charge in [-0.2, -0.15) is 5.10 Å². The molecule has 0 saturated heterocycles. The van der Waals surface area contributed by atoms with Crippen molar-refractivity contribution in [2.75, 3.05) is 13.7 Å². The first kappa shape index (κ1) is 20.9. The zero-order chi connectivity index (χ0) is 22.8. The highest BCUT2D eigenvalue weighted by molar-refractivity contribution is 5.97. The van der Waals surface area contributed by atoms with Crippen molar-refractivity contribution in [3.8, 4) is 17.1 Å². The van der Waals surface area contributed by atoms with E-state index in [1.807, 2.05) is 22.9 Å². The minimum Gasteiger partial charge on any atom is -0.493 e. The molecule has 0 saturated carbocycles. The van der Waals surface area contributed by atoms with Gasteiger partial charge in [-0.05, 0) is 49.9 Å². The van der Waals surface area contributed by atoms with E-state index in [9.17, 15) is 9.59 Å². The number of hydrogen-bond acceptors (Lipinski definition) is 6. The van der Waals surface area contributed by atoms with Crippen LogP contribution < -0.4 is 15.7 Å². The Morgan fingerprint density at radius 3 is 2.88 bits per heavy atom. The van der Waals surface area contributed by atoms with Gasteiger partial charge in [0.2, 0.25) is 0 Å². The Balaban J connectivity index is 1.34. The van der Waals surface area contributed by atoms with Gasteiger partial charge >= 0.3 is 5.63 Å². The van der Waals surface area contributed by atoms with Crippen LogP contribution in [0.3, 0.4) is 0 Å². The van der Waals surface area contributed by atoms with Crippen LogP contribution in [0.2, 0.25) is 0 Å². The summed E-state index contributed by atoms with van der Waals surface area (Å²) in [6.45, 7) is 0.845. The van der Waals surface area contributed by atoms with Crippen molar-refractivity contribution >= 4 is 16.9 Å². The summed E-state index contributed by atoms with van der Waals surface area (Å²) in [5.74, 6) is -0.0248. The van der Waals surface area contributed by atoms with Gasteiger partial charge in [-0.1, -0.05) is 18.2 Å². The maximum absolute atomic E-state index is 12.7. The summed E-state index contributed by atoms with van der Waals surface area (Å²) >= 11 is 0. The summed E-state index contributed by atoms with van der Waals surface area (Å²) < 4.78 is 12.6. The molecule has 0 aliphatic heterocycles. The summed E-state index contributed by atoms with van der Waals surface area (Å²) in [5.41, 5.74) is 3.82. The van der Waals surface area contributed by atoms with Gasteiger partial charge in [0.1, 0.15) is 11.3 Å². The van der Waals surface area contributed by atoms with Gasteiger partial charge in [-0.15, -0.1) is 0 Å². The number of carbonyl (C=O) groups excluding carboxylic acids is 1. The molecule has 168 valence electrons. The predicted octanol–water partition coefficient (Wildman–Crippen LogP) is 3.37. The van der Waals surface area contributed by atoms with E-state index in [2.05, 4.69) is 10.3 Å². The number of ether oxygens (including phenoxy) is 1. The lowest BCUT2D eigenvalue weighted by Crippen LogP contribution is -2.31. The van der Waals surface area contributed by atoms with Gasteiger partial charge in [-0.25, -0.2) is 4.79 Å². The first-order valence-electron chi connectivity index (χ1n) is 11.0. The number of nitrogens with zero attached hydrogens (tertiary/aromatic N) is 3. The first-order valence-corrected chi connectivity index (χ1v) is 11.0. The molecule has 1 aliphatic rings. The quantitative estimate of drug-likeness (QED) is 0.458. The molecule has 33 heavy (non-hydrogen) atoms. The largest absolute Gasteiger partial charge is 0.493 e. The predicted molar refractivity (Wildman–Crippen MR) is 123 cm³/mol. The molecule has 0 radical (unpaired) electrons. The maximum Gasteiger partial charge on any atom is 0.349 e. The summed E-state index contributed by atoms with van der Waals surface area (Å²) in [7, 11) is 1.50. The molecule has 1 amide bonds. The van der Waals surface area contributed by atoms with E-state index in [0.717, 1.165) is 37.1 Å². The minimum absolute atomic E-state index is 0.0348. The third kappa shape index (κ3) is 4.00. The molecule has 1 aromatic carbocycles. The molecule has 0 atom stereocenters. The van der Waals surface area contributed by atoms with Gasteiger partial charge in [0.15, 0.2) is 11.3 Å². The normalized spacial score (nSPS) is 13.0. The number of hydrogen-bond donors (Lipinski definition) is 1. The maximum atomic E-state index is 12.7. The molecular formula is C25H24N4O4.